The molecule has 0 aromatic heterocycles. The SMILES string of the molecule is CC([SiH3])OC(C)c1ccccc1. The van der Waals surface area contributed by atoms with Crippen molar-refractivity contribution in [2.45, 2.75) is 25.7 Å². The number of benzene rings is 1. The molecule has 1 rings (SSSR count). The lowest BCUT2D eigenvalue weighted by atomic mass is 10.1. The molecule has 0 aliphatic rings. The third kappa shape index (κ3) is 2.79. The van der Waals surface area contributed by atoms with Crippen LogP contribution in [0.15, 0.2) is 30.3 Å². The Morgan fingerprint density at radius 2 is 1.75 bits per heavy atom. The molecule has 0 saturated heterocycles. The first-order valence-electron chi connectivity index (χ1n) is 4.40. The first kappa shape index (κ1) is 9.48. The van der Waals surface area contributed by atoms with Gasteiger partial charge >= 0.3 is 0 Å². The quantitative estimate of drug-likeness (QED) is 0.640. The number of hydrogen-bond acceptors (Lipinski definition) is 1. The molecule has 0 amide bonds. The average Bonchev–Trinajstić information content (AvgIpc) is 2.05. The van der Waals surface area contributed by atoms with E-state index in [9.17, 15) is 0 Å². The standard InChI is InChI=1S/C10H16OSi/c1-8(11-9(2)12)10-6-4-3-5-7-10/h3-9H,1-2,12H3. The van der Waals surface area contributed by atoms with Gasteiger partial charge in [0.1, 0.15) is 0 Å². The summed E-state index contributed by atoms with van der Waals surface area (Å²) in [5.41, 5.74) is 1.69. The molecule has 2 unspecified atom stereocenters. The molecule has 0 spiro atoms. The summed E-state index contributed by atoms with van der Waals surface area (Å²) in [5, 5.41) is 0. The first-order chi connectivity index (χ1) is 5.70. The van der Waals surface area contributed by atoms with Crippen LogP contribution in [0.3, 0.4) is 0 Å². The van der Waals surface area contributed by atoms with Crippen LogP contribution >= 0.6 is 0 Å². The second-order valence-corrected chi connectivity index (χ2v) is 4.86. The Morgan fingerprint density at radius 1 is 1.17 bits per heavy atom. The summed E-state index contributed by atoms with van der Waals surface area (Å²) in [4.78, 5) is 0. The van der Waals surface area contributed by atoms with Crippen molar-refractivity contribution in [2.24, 2.45) is 0 Å². The van der Waals surface area contributed by atoms with Crippen LogP contribution in [0.2, 0.25) is 0 Å². The molecule has 0 N–H and O–H groups in total. The van der Waals surface area contributed by atoms with Crippen molar-refractivity contribution in [2.75, 3.05) is 0 Å². The van der Waals surface area contributed by atoms with E-state index in [4.69, 9.17) is 4.74 Å². The molecule has 12 heavy (non-hydrogen) atoms. The smallest absolute Gasteiger partial charge is 0.0795 e. The molecule has 1 aromatic rings. The Morgan fingerprint density at radius 3 is 2.25 bits per heavy atom. The lowest BCUT2D eigenvalue weighted by molar-refractivity contribution is 0.0514. The molecular weight excluding hydrogens is 164 g/mol. The van der Waals surface area contributed by atoms with E-state index in [0.29, 0.717) is 5.73 Å². The minimum atomic E-state index is 0.235. The van der Waals surface area contributed by atoms with E-state index in [1.807, 2.05) is 18.2 Å². The monoisotopic (exact) mass is 180 g/mol. The Hall–Kier alpha value is -0.603. The third-order valence-corrected chi connectivity index (χ3v) is 2.02. The molecular formula is C10H16OSi. The highest BCUT2D eigenvalue weighted by molar-refractivity contribution is 6.10. The van der Waals surface area contributed by atoms with Crippen LogP contribution in [0.1, 0.15) is 25.5 Å². The van der Waals surface area contributed by atoms with E-state index in [-0.39, 0.29) is 6.10 Å². The van der Waals surface area contributed by atoms with Gasteiger partial charge in [-0.25, -0.2) is 0 Å². The Labute approximate surface area is 77.2 Å². The van der Waals surface area contributed by atoms with Gasteiger partial charge in [-0.15, -0.1) is 0 Å². The van der Waals surface area contributed by atoms with Crippen LogP contribution < -0.4 is 0 Å². The molecule has 66 valence electrons. The predicted molar refractivity (Wildman–Crippen MR) is 55.3 cm³/mol. The van der Waals surface area contributed by atoms with Crippen molar-refractivity contribution < 1.29 is 4.74 Å². The normalized spacial score (nSPS) is 15.8. The van der Waals surface area contributed by atoms with Gasteiger partial charge in [0.25, 0.3) is 0 Å². The summed E-state index contributed by atoms with van der Waals surface area (Å²) in [6, 6.07) is 10.3. The molecule has 0 aliphatic heterocycles. The number of hydrogen-bond donors (Lipinski definition) is 0. The summed E-state index contributed by atoms with van der Waals surface area (Å²) in [6.45, 7) is 4.22. The van der Waals surface area contributed by atoms with E-state index >= 15 is 0 Å². The zero-order valence-electron chi connectivity index (χ0n) is 7.95. The molecule has 2 heteroatoms. The van der Waals surface area contributed by atoms with E-state index in [2.05, 4.69) is 26.0 Å². The van der Waals surface area contributed by atoms with Crippen LogP contribution in [0.5, 0.6) is 0 Å². The predicted octanol–water partition coefficient (Wildman–Crippen LogP) is 1.48. The van der Waals surface area contributed by atoms with Gasteiger partial charge in [0.05, 0.1) is 6.10 Å². The van der Waals surface area contributed by atoms with Gasteiger partial charge in [0, 0.05) is 16.0 Å². The molecule has 0 heterocycles. The summed E-state index contributed by atoms with van der Waals surface area (Å²) < 4.78 is 5.70. The van der Waals surface area contributed by atoms with E-state index in [0.717, 1.165) is 10.2 Å². The second-order valence-electron chi connectivity index (χ2n) is 3.24. The van der Waals surface area contributed by atoms with Gasteiger partial charge in [-0.1, -0.05) is 30.3 Å². The van der Waals surface area contributed by atoms with Gasteiger partial charge in [0.15, 0.2) is 0 Å². The summed E-state index contributed by atoms with van der Waals surface area (Å²) in [7, 11) is 1.10. The highest BCUT2D eigenvalue weighted by atomic mass is 28.1. The molecule has 0 aliphatic carbocycles. The minimum Gasteiger partial charge on any atom is -0.375 e. The van der Waals surface area contributed by atoms with Gasteiger partial charge in [-0.3, -0.25) is 0 Å². The number of rotatable bonds is 3. The maximum Gasteiger partial charge on any atom is 0.0795 e. The van der Waals surface area contributed by atoms with Crippen molar-refractivity contribution >= 4 is 10.2 Å². The fourth-order valence-corrected chi connectivity index (χ4v) is 1.62. The lowest BCUT2D eigenvalue weighted by Crippen LogP contribution is -2.10. The minimum absolute atomic E-state index is 0.235. The largest absolute Gasteiger partial charge is 0.375 e. The molecule has 2 atom stereocenters. The van der Waals surface area contributed by atoms with Crippen molar-refractivity contribution in [3.63, 3.8) is 0 Å². The van der Waals surface area contributed by atoms with Gasteiger partial charge in [-0.2, -0.15) is 0 Å². The van der Waals surface area contributed by atoms with E-state index in [1.54, 1.807) is 0 Å². The van der Waals surface area contributed by atoms with Crippen LogP contribution in [-0.2, 0) is 4.74 Å². The second kappa shape index (κ2) is 4.43. The third-order valence-electron chi connectivity index (χ3n) is 1.75. The number of ether oxygens (including phenoxy) is 1. The van der Waals surface area contributed by atoms with Gasteiger partial charge in [0.2, 0.25) is 0 Å². The van der Waals surface area contributed by atoms with E-state index in [1.165, 1.54) is 5.56 Å². The van der Waals surface area contributed by atoms with Crippen LogP contribution in [-0.4, -0.2) is 16.0 Å². The highest BCUT2D eigenvalue weighted by Crippen LogP contribution is 2.16. The molecule has 0 saturated carbocycles. The van der Waals surface area contributed by atoms with Crippen molar-refractivity contribution in [3.8, 4) is 0 Å². The Balaban J connectivity index is 2.59. The molecule has 0 fully saturated rings. The Bertz CT molecular complexity index is 221. The van der Waals surface area contributed by atoms with Crippen LogP contribution in [0, 0.1) is 0 Å². The maximum absolute atomic E-state index is 5.70. The van der Waals surface area contributed by atoms with Crippen molar-refractivity contribution in [1.82, 2.24) is 0 Å². The molecule has 0 radical (unpaired) electrons. The fourth-order valence-electron chi connectivity index (χ4n) is 1.21. The highest BCUT2D eigenvalue weighted by Gasteiger charge is 2.05. The fraction of sp³-hybridized carbons (Fsp3) is 0.400. The molecule has 0 bridgehead atoms. The van der Waals surface area contributed by atoms with Crippen molar-refractivity contribution in [3.05, 3.63) is 35.9 Å². The summed E-state index contributed by atoms with van der Waals surface area (Å²) in [5.74, 6) is 0. The molecule has 1 nitrogen and oxygen atoms in total. The zero-order chi connectivity index (χ0) is 8.97. The first-order valence-corrected chi connectivity index (χ1v) is 5.56. The molecule has 1 aromatic carbocycles. The van der Waals surface area contributed by atoms with E-state index < -0.39 is 0 Å². The van der Waals surface area contributed by atoms with Crippen LogP contribution in [0.4, 0.5) is 0 Å². The zero-order valence-corrected chi connectivity index (χ0v) is 9.95. The summed E-state index contributed by atoms with van der Waals surface area (Å²) in [6.07, 6.45) is 0.235. The van der Waals surface area contributed by atoms with Crippen LogP contribution in [0.25, 0.3) is 0 Å². The van der Waals surface area contributed by atoms with Gasteiger partial charge in [-0.05, 0) is 19.4 Å². The Kier molecular flexibility index (Phi) is 3.50. The maximum atomic E-state index is 5.70. The topological polar surface area (TPSA) is 9.23 Å². The van der Waals surface area contributed by atoms with Crippen molar-refractivity contribution in [1.29, 1.82) is 0 Å². The summed E-state index contributed by atoms with van der Waals surface area (Å²) >= 11 is 0. The van der Waals surface area contributed by atoms with Gasteiger partial charge < -0.3 is 4.74 Å². The lowest BCUT2D eigenvalue weighted by Gasteiger charge is -2.16. The average molecular weight is 180 g/mol.